The van der Waals surface area contributed by atoms with Crippen molar-refractivity contribution in [1.29, 1.82) is 0 Å². The molecule has 92 valence electrons. The summed E-state index contributed by atoms with van der Waals surface area (Å²) in [6.07, 6.45) is 0. The van der Waals surface area contributed by atoms with Gasteiger partial charge < -0.3 is 0 Å². The highest BCUT2D eigenvalue weighted by Crippen LogP contribution is 2.17. The molecule has 0 aliphatic carbocycles. The molecule has 0 radical (unpaired) electrons. The van der Waals surface area contributed by atoms with Gasteiger partial charge in [-0.2, -0.15) is 0 Å². The Morgan fingerprint density at radius 1 is 0.833 bits per heavy atom. The second kappa shape index (κ2) is 4.60. The van der Waals surface area contributed by atoms with Gasteiger partial charge in [-0.25, -0.2) is 17.6 Å². The number of benzene rings is 2. The van der Waals surface area contributed by atoms with Crippen LogP contribution in [0.4, 0.5) is 17.6 Å². The van der Waals surface area contributed by atoms with Gasteiger partial charge >= 0.3 is 0 Å². The summed E-state index contributed by atoms with van der Waals surface area (Å²) in [5.41, 5.74) is -0.778. The fourth-order valence-corrected chi connectivity index (χ4v) is 1.47. The molecule has 2 rings (SSSR count). The van der Waals surface area contributed by atoms with Gasteiger partial charge in [0.2, 0.25) is 0 Å². The van der Waals surface area contributed by atoms with E-state index in [9.17, 15) is 22.4 Å². The summed E-state index contributed by atoms with van der Waals surface area (Å²) in [5.74, 6) is -5.74. The normalized spacial score (nSPS) is 10.4. The molecular formula is C13H6F4O. The van der Waals surface area contributed by atoms with E-state index >= 15 is 0 Å². The van der Waals surface area contributed by atoms with E-state index in [4.69, 9.17) is 0 Å². The molecule has 2 aromatic rings. The van der Waals surface area contributed by atoms with Gasteiger partial charge in [0.25, 0.3) is 0 Å². The van der Waals surface area contributed by atoms with Crippen LogP contribution in [0, 0.1) is 23.3 Å². The highest BCUT2D eigenvalue weighted by Gasteiger charge is 2.17. The predicted molar refractivity (Wildman–Crippen MR) is 56.1 cm³/mol. The molecule has 5 heteroatoms. The van der Waals surface area contributed by atoms with E-state index in [-0.39, 0.29) is 5.56 Å². The number of hydrogen-bond acceptors (Lipinski definition) is 1. The third-order valence-electron chi connectivity index (χ3n) is 2.38. The molecule has 1 nitrogen and oxygen atoms in total. The third-order valence-corrected chi connectivity index (χ3v) is 2.38. The summed E-state index contributed by atoms with van der Waals surface area (Å²) in [5, 5.41) is 0. The van der Waals surface area contributed by atoms with Crippen molar-refractivity contribution in [3.05, 3.63) is 70.8 Å². The summed E-state index contributed by atoms with van der Waals surface area (Å²) >= 11 is 0. The zero-order valence-electron chi connectivity index (χ0n) is 8.88. The lowest BCUT2D eigenvalue weighted by Crippen LogP contribution is -2.06. The molecule has 0 aliphatic rings. The van der Waals surface area contributed by atoms with Crippen LogP contribution in [-0.2, 0) is 0 Å². The Balaban J connectivity index is 2.48. The Labute approximate surface area is 99.7 Å². The van der Waals surface area contributed by atoms with Crippen LogP contribution < -0.4 is 0 Å². The maximum absolute atomic E-state index is 13.4. The van der Waals surface area contributed by atoms with Crippen LogP contribution in [-0.4, -0.2) is 5.78 Å². The lowest BCUT2D eigenvalue weighted by atomic mass is 10.0. The van der Waals surface area contributed by atoms with E-state index in [0.717, 1.165) is 30.3 Å². The van der Waals surface area contributed by atoms with Crippen LogP contribution in [0.1, 0.15) is 15.9 Å². The lowest BCUT2D eigenvalue weighted by molar-refractivity contribution is 0.103. The first-order chi connectivity index (χ1) is 8.50. The molecule has 0 bridgehead atoms. The first-order valence-electron chi connectivity index (χ1n) is 4.94. The van der Waals surface area contributed by atoms with Crippen molar-refractivity contribution in [3.8, 4) is 0 Å². The predicted octanol–water partition coefficient (Wildman–Crippen LogP) is 3.47. The molecule has 0 heterocycles. The largest absolute Gasteiger partial charge is 0.288 e. The van der Waals surface area contributed by atoms with Gasteiger partial charge in [0.05, 0.1) is 5.56 Å². The molecule has 0 saturated heterocycles. The fraction of sp³-hybridized carbons (Fsp3) is 0. The minimum atomic E-state index is -1.31. The first kappa shape index (κ1) is 12.3. The number of hydrogen-bond donors (Lipinski definition) is 0. The van der Waals surface area contributed by atoms with E-state index < -0.39 is 34.6 Å². The molecule has 0 spiro atoms. The summed E-state index contributed by atoms with van der Waals surface area (Å²) in [6, 6.07) is 5.48. The number of rotatable bonds is 2. The minimum Gasteiger partial charge on any atom is -0.288 e. The SMILES string of the molecule is O=C(c1ccc(F)c(F)c1)c1cccc(F)c1F. The fourth-order valence-electron chi connectivity index (χ4n) is 1.47. The van der Waals surface area contributed by atoms with Crippen LogP contribution in [0.5, 0.6) is 0 Å². The quantitative estimate of drug-likeness (QED) is 0.592. The van der Waals surface area contributed by atoms with Crippen molar-refractivity contribution in [2.75, 3.05) is 0 Å². The maximum Gasteiger partial charge on any atom is 0.196 e. The van der Waals surface area contributed by atoms with Crippen LogP contribution in [0.15, 0.2) is 36.4 Å². The standard InChI is InChI=1S/C13H6F4O/c14-9-5-4-7(6-11(9)16)13(18)8-2-1-3-10(15)12(8)17/h1-6H. The lowest BCUT2D eigenvalue weighted by Gasteiger charge is -2.03. The molecule has 0 aromatic heterocycles. The van der Waals surface area contributed by atoms with Crippen molar-refractivity contribution in [1.82, 2.24) is 0 Å². The van der Waals surface area contributed by atoms with Crippen LogP contribution in [0.3, 0.4) is 0 Å². The van der Waals surface area contributed by atoms with Crippen LogP contribution in [0.2, 0.25) is 0 Å². The highest BCUT2D eigenvalue weighted by atomic mass is 19.2. The van der Waals surface area contributed by atoms with E-state index in [0.29, 0.717) is 6.07 Å². The molecular weight excluding hydrogens is 248 g/mol. The van der Waals surface area contributed by atoms with E-state index in [1.165, 1.54) is 0 Å². The van der Waals surface area contributed by atoms with Crippen molar-refractivity contribution >= 4 is 5.78 Å². The van der Waals surface area contributed by atoms with Gasteiger partial charge in [0.15, 0.2) is 29.1 Å². The number of carbonyl (C=O) groups is 1. The number of carbonyl (C=O) groups excluding carboxylic acids is 1. The average molecular weight is 254 g/mol. The molecule has 0 atom stereocenters. The van der Waals surface area contributed by atoms with Gasteiger partial charge in [0.1, 0.15) is 0 Å². The number of ketones is 1. The third kappa shape index (κ3) is 2.11. The molecule has 18 heavy (non-hydrogen) atoms. The number of halogens is 4. The van der Waals surface area contributed by atoms with E-state index in [2.05, 4.69) is 0 Å². The smallest absolute Gasteiger partial charge is 0.196 e. The van der Waals surface area contributed by atoms with Crippen LogP contribution >= 0.6 is 0 Å². The van der Waals surface area contributed by atoms with Gasteiger partial charge in [-0.05, 0) is 30.3 Å². The van der Waals surface area contributed by atoms with Gasteiger partial charge in [-0.15, -0.1) is 0 Å². The topological polar surface area (TPSA) is 17.1 Å². The van der Waals surface area contributed by atoms with Crippen molar-refractivity contribution < 1.29 is 22.4 Å². The summed E-state index contributed by atoms with van der Waals surface area (Å²) in [6.45, 7) is 0. The minimum absolute atomic E-state index is 0.251. The van der Waals surface area contributed by atoms with E-state index in [1.54, 1.807) is 0 Å². The zero-order valence-corrected chi connectivity index (χ0v) is 8.88. The Kier molecular flexibility index (Phi) is 3.14. The summed E-state index contributed by atoms with van der Waals surface area (Å²) in [7, 11) is 0. The Bertz CT molecular complexity index is 622. The van der Waals surface area contributed by atoms with Crippen molar-refractivity contribution in [2.45, 2.75) is 0 Å². The molecule has 0 N–H and O–H groups in total. The van der Waals surface area contributed by atoms with E-state index in [1.807, 2.05) is 0 Å². The maximum atomic E-state index is 13.4. The molecule has 0 fully saturated rings. The molecule has 2 aromatic carbocycles. The second-order valence-electron chi connectivity index (χ2n) is 3.56. The average Bonchev–Trinajstić information content (AvgIpc) is 2.35. The van der Waals surface area contributed by atoms with Crippen molar-refractivity contribution in [2.24, 2.45) is 0 Å². The summed E-state index contributed by atoms with van der Waals surface area (Å²) < 4.78 is 51.9. The monoisotopic (exact) mass is 254 g/mol. The van der Waals surface area contributed by atoms with Gasteiger partial charge in [0, 0.05) is 5.56 Å². The first-order valence-corrected chi connectivity index (χ1v) is 4.94. The second-order valence-corrected chi connectivity index (χ2v) is 3.56. The Morgan fingerprint density at radius 2 is 1.56 bits per heavy atom. The zero-order chi connectivity index (χ0) is 13.3. The molecule has 0 saturated carbocycles. The Morgan fingerprint density at radius 3 is 2.22 bits per heavy atom. The van der Waals surface area contributed by atoms with Crippen LogP contribution in [0.25, 0.3) is 0 Å². The Hall–Kier alpha value is -2.17. The molecule has 0 aliphatic heterocycles. The molecule has 0 unspecified atom stereocenters. The molecule has 0 amide bonds. The van der Waals surface area contributed by atoms with Gasteiger partial charge in [-0.3, -0.25) is 4.79 Å². The van der Waals surface area contributed by atoms with Gasteiger partial charge in [-0.1, -0.05) is 6.07 Å². The highest BCUT2D eigenvalue weighted by molar-refractivity contribution is 6.09. The summed E-state index contributed by atoms with van der Waals surface area (Å²) in [4.78, 5) is 11.8. The van der Waals surface area contributed by atoms with Crippen molar-refractivity contribution in [3.63, 3.8) is 0 Å².